The van der Waals surface area contributed by atoms with Crippen molar-refractivity contribution in [1.29, 1.82) is 0 Å². The fourth-order valence-corrected chi connectivity index (χ4v) is 2.07. The van der Waals surface area contributed by atoms with Gasteiger partial charge in [0.25, 0.3) is 0 Å². The van der Waals surface area contributed by atoms with Crippen LogP contribution in [0.4, 0.5) is 0 Å². The molecule has 0 radical (unpaired) electrons. The Bertz CT molecular complexity index is 593. The smallest absolute Gasteiger partial charge is 0.216 e. The summed E-state index contributed by atoms with van der Waals surface area (Å²) in [6, 6.07) is 3.62. The molecule has 3 rings (SSSR count). The minimum atomic E-state index is -0.0355. The first-order valence-corrected chi connectivity index (χ1v) is 6.12. The molecule has 1 saturated heterocycles. The predicted molar refractivity (Wildman–Crippen MR) is 67.0 cm³/mol. The summed E-state index contributed by atoms with van der Waals surface area (Å²) in [7, 11) is 0. The zero-order valence-corrected chi connectivity index (χ0v) is 10.4. The van der Waals surface area contributed by atoms with E-state index in [2.05, 4.69) is 15.3 Å². The third-order valence-electron chi connectivity index (χ3n) is 2.74. The van der Waals surface area contributed by atoms with E-state index in [4.69, 9.17) is 21.4 Å². The van der Waals surface area contributed by atoms with Gasteiger partial charge in [0, 0.05) is 6.61 Å². The van der Waals surface area contributed by atoms with Gasteiger partial charge in [0.1, 0.15) is 11.9 Å². The van der Waals surface area contributed by atoms with E-state index in [1.54, 1.807) is 23.2 Å². The third kappa shape index (κ3) is 2.14. The van der Waals surface area contributed by atoms with Crippen LogP contribution < -0.4 is 0 Å². The van der Waals surface area contributed by atoms with Gasteiger partial charge in [0.15, 0.2) is 5.82 Å². The Balaban J connectivity index is 1.91. The largest absolute Gasteiger partial charge is 0.463 e. The van der Waals surface area contributed by atoms with E-state index >= 15 is 0 Å². The van der Waals surface area contributed by atoms with Crippen molar-refractivity contribution in [2.45, 2.75) is 18.9 Å². The Morgan fingerprint density at radius 1 is 1.61 bits per heavy atom. The molecular weight excluding hydrogens is 252 g/mol. The minimum Gasteiger partial charge on any atom is -0.463 e. The van der Waals surface area contributed by atoms with E-state index in [1.165, 1.54) is 0 Å². The molecule has 0 saturated carbocycles. The summed E-state index contributed by atoms with van der Waals surface area (Å²) in [6.07, 6.45) is 5.13. The maximum Gasteiger partial charge on any atom is 0.216 e. The summed E-state index contributed by atoms with van der Waals surface area (Å²) in [5, 5.41) is 11.2. The van der Waals surface area contributed by atoms with Crippen molar-refractivity contribution < 1.29 is 9.15 Å². The molecule has 1 N–H and O–H groups in total. The second kappa shape index (κ2) is 4.87. The molecule has 7 heteroatoms. The number of aromatic amines is 1. The summed E-state index contributed by atoms with van der Waals surface area (Å²) in [5.41, 5.74) is 0. The Morgan fingerprint density at radius 3 is 3.28 bits per heavy atom. The number of hydrogen-bond acceptors (Lipinski definition) is 5. The lowest BCUT2D eigenvalue weighted by Gasteiger charge is -2.06. The summed E-state index contributed by atoms with van der Waals surface area (Å²) in [5.74, 6) is 1.37. The quantitative estimate of drug-likeness (QED) is 0.682. The second-order valence-electron chi connectivity index (χ2n) is 3.96. The molecule has 0 amide bonds. The van der Waals surface area contributed by atoms with Crippen molar-refractivity contribution in [3.05, 3.63) is 34.8 Å². The molecule has 94 valence electrons. The number of H-pyrrole nitrogens is 1. The van der Waals surface area contributed by atoms with Crippen LogP contribution >= 0.6 is 12.2 Å². The Labute approximate surface area is 108 Å². The van der Waals surface area contributed by atoms with Crippen LogP contribution in [0, 0.1) is 4.77 Å². The molecular formula is C11H12N4O2S. The molecule has 0 aromatic carbocycles. The number of rotatable bonds is 3. The molecule has 2 aromatic rings. The van der Waals surface area contributed by atoms with Crippen LogP contribution in [0.3, 0.4) is 0 Å². The molecule has 6 nitrogen and oxygen atoms in total. The lowest BCUT2D eigenvalue weighted by molar-refractivity contribution is 0.102. The molecule has 0 bridgehead atoms. The van der Waals surface area contributed by atoms with E-state index in [-0.39, 0.29) is 6.10 Å². The number of hydrogen-bond donors (Lipinski definition) is 1. The van der Waals surface area contributed by atoms with Gasteiger partial charge in [-0.25, -0.2) is 0 Å². The van der Waals surface area contributed by atoms with Crippen LogP contribution in [0.15, 0.2) is 27.9 Å². The second-order valence-corrected chi connectivity index (χ2v) is 4.35. The van der Waals surface area contributed by atoms with Gasteiger partial charge in [-0.1, -0.05) is 0 Å². The van der Waals surface area contributed by atoms with Crippen molar-refractivity contribution in [3.8, 4) is 0 Å². The number of aromatic nitrogens is 3. The zero-order valence-electron chi connectivity index (χ0n) is 9.57. The lowest BCUT2D eigenvalue weighted by Crippen LogP contribution is -2.05. The molecule has 1 atom stereocenters. The van der Waals surface area contributed by atoms with E-state index < -0.39 is 0 Å². The van der Waals surface area contributed by atoms with Crippen molar-refractivity contribution >= 4 is 18.4 Å². The first-order valence-electron chi connectivity index (χ1n) is 5.71. The first kappa shape index (κ1) is 11.4. The summed E-state index contributed by atoms with van der Waals surface area (Å²) in [6.45, 7) is 0.756. The molecule has 2 aromatic heterocycles. The van der Waals surface area contributed by atoms with Crippen LogP contribution in [0.5, 0.6) is 0 Å². The first-order chi connectivity index (χ1) is 8.84. The Hall–Kier alpha value is -1.73. The SMILES string of the molecule is S=c1[nH]nc([C@@H]2CCCO2)n1/N=C\c1ccco1. The predicted octanol–water partition coefficient (Wildman–Crippen LogP) is 2.27. The fraction of sp³-hybridized carbons (Fsp3) is 0.364. The summed E-state index contributed by atoms with van der Waals surface area (Å²) >= 11 is 5.15. The average molecular weight is 264 g/mol. The maximum absolute atomic E-state index is 5.58. The molecule has 0 aliphatic carbocycles. The third-order valence-corrected chi connectivity index (χ3v) is 3.00. The van der Waals surface area contributed by atoms with Gasteiger partial charge in [-0.15, -0.1) is 0 Å². The normalized spacial score (nSPS) is 19.9. The monoisotopic (exact) mass is 264 g/mol. The highest BCUT2D eigenvalue weighted by Crippen LogP contribution is 2.26. The van der Waals surface area contributed by atoms with Crippen molar-refractivity contribution in [1.82, 2.24) is 14.9 Å². The highest BCUT2D eigenvalue weighted by Gasteiger charge is 2.23. The highest BCUT2D eigenvalue weighted by molar-refractivity contribution is 7.71. The van der Waals surface area contributed by atoms with Crippen molar-refractivity contribution in [2.75, 3.05) is 6.61 Å². The van der Waals surface area contributed by atoms with Crippen LogP contribution in [0.2, 0.25) is 0 Å². The zero-order chi connectivity index (χ0) is 12.4. The standard InChI is InChI=1S/C11H12N4O2S/c18-11-14-13-10(9-4-2-6-17-9)15(11)12-7-8-3-1-5-16-8/h1,3,5,7,9H,2,4,6H2,(H,14,18)/b12-7-/t9-/m0/s1. The van der Waals surface area contributed by atoms with Gasteiger partial charge < -0.3 is 9.15 Å². The number of ether oxygens (including phenoxy) is 1. The molecule has 18 heavy (non-hydrogen) atoms. The van der Waals surface area contributed by atoms with E-state index in [1.807, 2.05) is 6.07 Å². The lowest BCUT2D eigenvalue weighted by atomic mass is 10.2. The van der Waals surface area contributed by atoms with E-state index in [0.29, 0.717) is 16.4 Å². The number of furan rings is 1. The molecule has 1 fully saturated rings. The van der Waals surface area contributed by atoms with Crippen LogP contribution in [0.1, 0.15) is 30.5 Å². The van der Waals surface area contributed by atoms with Gasteiger partial charge in [-0.05, 0) is 37.2 Å². The van der Waals surface area contributed by atoms with Gasteiger partial charge in [-0.3, -0.25) is 5.10 Å². The summed E-state index contributed by atoms with van der Waals surface area (Å²) in [4.78, 5) is 0. The van der Waals surface area contributed by atoms with E-state index in [0.717, 1.165) is 19.4 Å². The summed E-state index contributed by atoms with van der Waals surface area (Å²) < 4.78 is 12.8. The van der Waals surface area contributed by atoms with Crippen LogP contribution in [-0.4, -0.2) is 27.7 Å². The maximum atomic E-state index is 5.58. The molecule has 3 heterocycles. The average Bonchev–Trinajstić information content (AvgIpc) is 3.08. The number of nitrogens with one attached hydrogen (secondary N) is 1. The van der Waals surface area contributed by atoms with Crippen molar-refractivity contribution in [2.24, 2.45) is 5.10 Å². The van der Waals surface area contributed by atoms with Gasteiger partial charge >= 0.3 is 0 Å². The molecule has 1 aliphatic rings. The number of nitrogens with zero attached hydrogens (tertiary/aromatic N) is 3. The molecule has 0 spiro atoms. The Kier molecular flexibility index (Phi) is 3.07. The van der Waals surface area contributed by atoms with Gasteiger partial charge in [0.05, 0.1) is 12.5 Å². The van der Waals surface area contributed by atoms with E-state index in [9.17, 15) is 0 Å². The highest BCUT2D eigenvalue weighted by atomic mass is 32.1. The van der Waals surface area contributed by atoms with Gasteiger partial charge in [-0.2, -0.15) is 14.9 Å². The molecule has 0 unspecified atom stereocenters. The van der Waals surface area contributed by atoms with Crippen LogP contribution in [0.25, 0.3) is 0 Å². The Morgan fingerprint density at radius 2 is 2.56 bits per heavy atom. The minimum absolute atomic E-state index is 0.0355. The fourth-order valence-electron chi connectivity index (χ4n) is 1.88. The van der Waals surface area contributed by atoms with Crippen molar-refractivity contribution in [3.63, 3.8) is 0 Å². The topological polar surface area (TPSA) is 68.3 Å². The molecule has 1 aliphatic heterocycles. The van der Waals surface area contributed by atoms with Crippen LogP contribution in [-0.2, 0) is 4.74 Å². The van der Waals surface area contributed by atoms with Gasteiger partial charge in [0.2, 0.25) is 4.77 Å².